The zero-order chi connectivity index (χ0) is 18.9. The SMILES string of the molecule is CCCCN(CCCC)S(=O)(=O)N(CC)C(C)c1cccc(OC)c1. The number of rotatable bonds is 12. The number of nitrogens with zero attached hydrogens (tertiary/aromatic N) is 2. The Morgan fingerprint density at radius 3 is 2.16 bits per heavy atom. The number of hydrogen-bond acceptors (Lipinski definition) is 3. The van der Waals surface area contributed by atoms with E-state index < -0.39 is 10.2 Å². The Morgan fingerprint density at radius 1 is 1.08 bits per heavy atom. The first-order chi connectivity index (χ1) is 11.9. The molecule has 25 heavy (non-hydrogen) atoms. The molecule has 0 radical (unpaired) electrons. The highest BCUT2D eigenvalue weighted by Gasteiger charge is 2.32. The summed E-state index contributed by atoms with van der Waals surface area (Å²) >= 11 is 0. The Kier molecular flexibility index (Phi) is 9.46. The van der Waals surface area contributed by atoms with Gasteiger partial charge in [-0.15, -0.1) is 0 Å². The van der Waals surface area contributed by atoms with Crippen molar-refractivity contribution in [1.29, 1.82) is 0 Å². The van der Waals surface area contributed by atoms with Crippen LogP contribution in [0.15, 0.2) is 24.3 Å². The zero-order valence-corrected chi connectivity index (χ0v) is 17.2. The number of ether oxygens (including phenoxy) is 1. The van der Waals surface area contributed by atoms with E-state index in [1.54, 1.807) is 15.7 Å². The molecule has 1 rings (SSSR count). The number of methoxy groups -OCH3 is 1. The summed E-state index contributed by atoms with van der Waals surface area (Å²) in [7, 11) is -1.88. The predicted molar refractivity (Wildman–Crippen MR) is 104 cm³/mol. The van der Waals surface area contributed by atoms with Crippen LogP contribution in [0.5, 0.6) is 5.75 Å². The van der Waals surface area contributed by atoms with Crippen LogP contribution < -0.4 is 4.74 Å². The molecule has 0 aromatic heterocycles. The van der Waals surface area contributed by atoms with Crippen molar-refractivity contribution in [3.8, 4) is 5.75 Å². The fourth-order valence-corrected chi connectivity index (χ4v) is 4.73. The summed E-state index contributed by atoms with van der Waals surface area (Å²) in [5.41, 5.74) is 0.940. The Bertz CT molecular complexity index is 596. The number of unbranched alkanes of at least 4 members (excludes halogenated alkanes) is 2. The van der Waals surface area contributed by atoms with E-state index >= 15 is 0 Å². The highest BCUT2D eigenvalue weighted by molar-refractivity contribution is 7.86. The van der Waals surface area contributed by atoms with Crippen molar-refractivity contribution in [2.24, 2.45) is 0 Å². The van der Waals surface area contributed by atoms with Crippen LogP contribution in [0.4, 0.5) is 0 Å². The van der Waals surface area contributed by atoms with E-state index in [0.29, 0.717) is 19.6 Å². The molecule has 1 aromatic rings. The van der Waals surface area contributed by atoms with Gasteiger partial charge in [0, 0.05) is 25.7 Å². The molecule has 5 nitrogen and oxygen atoms in total. The van der Waals surface area contributed by atoms with Crippen LogP contribution in [0.2, 0.25) is 0 Å². The van der Waals surface area contributed by atoms with Crippen LogP contribution in [0.3, 0.4) is 0 Å². The summed E-state index contributed by atoms with van der Waals surface area (Å²) < 4.78 is 35.0. The monoisotopic (exact) mass is 370 g/mol. The summed E-state index contributed by atoms with van der Waals surface area (Å²) in [6.07, 6.45) is 3.73. The smallest absolute Gasteiger partial charge is 0.282 e. The van der Waals surface area contributed by atoms with Gasteiger partial charge >= 0.3 is 0 Å². The van der Waals surface area contributed by atoms with Gasteiger partial charge in [0.2, 0.25) is 0 Å². The first-order valence-electron chi connectivity index (χ1n) is 9.33. The Labute approximate surface area is 154 Å². The van der Waals surface area contributed by atoms with Gasteiger partial charge in [0.1, 0.15) is 5.75 Å². The molecule has 6 heteroatoms. The lowest BCUT2D eigenvalue weighted by Crippen LogP contribution is -2.45. The number of hydrogen-bond donors (Lipinski definition) is 0. The molecular formula is C19H34N2O3S. The maximum absolute atomic E-state index is 13.3. The third kappa shape index (κ3) is 5.97. The van der Waals surface area contributed by atoms with Gasteiger partial charge in [-0.1, -0.05) is 45.7 Å². The second-order valence-electron chi connectivity index (χ2n) is 6.27. The minimum atomic E-state index is -3.50. The lowest BCUT2D eigenvalue weighted by atomic mass is 10.1. The van der Waals surface area contributed by atoms with E-state index in [0.717, 1.165) is 37.0 Å². The molecule has 0 aliphatic carbocycles. The van der Waals surface area contributed by atoms with E-state index in [-0.39, 0.29) is 6.04 Å². The molecule has 0 aliphatic rings. The maximum Gasteiger partial charge on any atom is 0.282 e. The second kappa shape index (κ2) is 10.8. The average molecular weight is 371 g/mol. The molecule has 1 atom stereocenters. The molecule has 1 unspecified atom stereocenters. The minimum absolute atomic E-state index is 0.240. The van der Waals surface area contributed by atoms with Crippen molar-refractivity contribution in [1.82, 2.24) is 8.61 Å². The standard InChI is InChI=1S/C19H34N2O3S/c1-6-9-14-20(15-10-7-2)25(22,23)21(8-3)17(4)18-12-11-13-19(16-18)24-5/h11-13,16-17H,6-10,14-15H2,1-5H3. The second-order valence-corrected chi connectivity index (χ2v) is 8.15. The summed E-state index contributed by atoms with van der Waals surface area (Å²) in [4.78, 5) is 0. The summed E-state index contributed by atoms with van der Waals surface area (Å²) in [5, 5.41) is 0. The Balaban J connectivity index is 3.09. The Morgan fingerprint density at radius 2 is 1.68 bits per heavy atom. The van der Waals surface area contributed by atoms with Crippen LogP contribution in [0, 0.1) is 0 Å². The largest absolute Gasteiger partial charge is 0.497 e. The van der Waals surface area contributed by atoms with Gasteiger partial charge in [-0.25, -0.2) is 0 Å². The molecule has 0 fully saturated rings. The molecule has 0 aliphatic heterocycles. The van der Waals surface area contributed by atoms with Gasteiger partial charge in [0.15, 0.2) is 0 Å². The first-order valence-corrected chi connectivity index (χ1v) is 10.7. The van der Waals surface area contributed by atoms with Gasteiger partial charge < -0.3 is 4.74 Å². The van der Waals surface area contributed by atoms with Crippen molar-refractivity contribution in [2.75, 3.05) is 26.7 Å². The fraction of sp³-hybridized carbons (Fsp3) is 0.684. The molecule has 0 bridgehead atoms. The molecule has 144 valence electrons. The third-order valence-corrected chi connectivity index (χ3v) is 6.65. The van der Waals surface area contributed by atoms with Crippen molar-refractivity contribution in [2.45, 2.75) is 59.4 Å². The van der Waals surface area contributed by atoms with Gasteiger partial charge in [-0.05, 0) is 37.5 Å². The fourth-order valence-electron chi connectivity index (χ4n) is 2.86. The van der Waals surface area contributed by atoms with Crippen LogP contribution >= 0.6 is 0 Å². The van der Waals surface area contributed by atoms with Gasteiger partial charge in [-0.2, -0.15) is 17.0 Å². The van der Waals surface area contributed by atoms with E-state index in [4.69, 9.17) is 4.74 Å². The van der Waals surface area contributed by atoms with Crippen molar-refractivity contribution in [3.63, 3.8) is 0 Å². The molecule has 0 amide bonds. The van der Waals surface area contributed by atoms with E-state index in [1.165, 1.54) is 0 Å². The molecule has 0 N–H and O–H groups in total. The van der Waals surface area contributed by atoms with Crippen molar-refractivity contribution >= 4 is 10.2 Å². The quantitative estimate of drug-likeness (QED) is 0.553. The molecular weight excluding hydrogens is 336 g/mol. The van der Waals surface area contributed by atoms with Crippen LogP contribution in [0.1, 0.15) is 65.0 Å². The molecule has 0 saturated heterocycles. The lowest BCUT2D eigenvalue weighted by molar-refractivity contribution is 0.299. The molecule has 0 spiro atoms. The maximum atomic E-state index is 13.3. The van der Waals surface area contributed by atoms with Gasteiger partial charge in [0.25, 0.3) is 10.2 Å². The van der Waals surface area contributed by atoms with E-state index in [9.17, 15) is 8.42 Å². The first kappa shape index (κ1) is 21.9. The highest BCUT2D eigenvalue weighted by atomic mass is 32.2. The average Bonchev–Trinajstić information content (AvgIpc) is 2.61. The molecule has 0 heterocycles. The summed E-state index contributed by atoms with van der Waals surface area (Å²) in [6, 6.07) is 7.39. The van der Waals surface area contributed by atoms with Crippen LogP contribution in [-0.4, -0.2) is 43.8 Å². The minimum Gasteiger partial charge on any atom is -0.497 e. The predicted octanol–water partition coefficient (Wildman–Crippen LogP) is 4.23. The Hall–Kier alpha value is -1.11. The van der Waals surface area contributed by atoms with Crippen LogP contribution in [0.25, 0.3) is 0 Å². The topological polar surface area (TPSA) is 49.9 Å². The van der Waals surface area contributed by atoms with Crippen LogP contribution in [-0.2, 0) is 10.2 Å². The molecule has 1 aromatic carbocycles. The van der Waals surface area contributed by atoms with Gasteiger partial charge in [-0.3, -0.25) is 0 Å². The summed E-state index contributed by atoms with van der Waals surface area (Å²) in [5.74, 6) is 0.742. The van der Waals surface area contributed by atoms with E-state index in [1.807, 2.05) is 38.1 Å². The van der Waals surface area contributed by atoms with Crippen molar-refractivity contribution in [3.05, 3.63) is 29.8 Å². The summed E-state index contributed by atoms with van der Waals surface area (Å²) in [6.45, 7) is 9.61. The zero-order valence-electron chi connectivity index (χ0n) is 16.4. The molecule has 0 saturated carbocycles. The van der Waals surface area contributed by atoms with E-state index in [2.05, 4.69) is 13.8 Å². The van der Waals surface area contributed by atoms with Gasteiger partial charge in [0.05, 0.1) is 7.11 Å². The highest BCUT2D eigenvalue weighted by Crippen LogP contribution is 2.27. The lowest BCUT2D eigenvalue weighted by Gasteiger charge is -2.33. The van der Waals surface area contributed by atoms with Crippen molar-refractivity contribution < 1.29 is 13.2 Å². The normalized spacial score (nSPS) is 13.4. The number of benzene rings is 1. The third-order valence-electron chi connectivity index (χ3n) is 4.46.